The largest absolute Gasteiger partial charge is 0.374 e. The van der Waals surface area contributed by atoms with Crippen molar-refractivity contribution in [3.63, 3.8) is 0 Å². The second-order valence-electron chi connectivity index (χ2n) is 8.91. The van der Waals surface area contributed by atoms with Crippen LogP contribution in [0.3, 0.4) is 0 Å². The molecule has 29 heavy (non-hydrogen) atoms. The Labute approximate surface area is 172 Å². The normalized spacial score (nSPS) is 26.3. The summed E-state index contributed by atoms with van der Waals surface area (Å²) in [5, 5.41) is 0. The van der Waals surface area contributed by atoms with E-state index < -0.39 is 0 Å². The molecule has 1 aromatic carbocycles. The van der Waals surface area contributed by atoms with Crippen LogP contribution in [0.1, 0.15) is 42.5 Å². The van der Waals surface area contributed by atoms with Gasteiger partial charge in [0.25, 0.3) is 0 Å². The molecule has 2 atom stereocenters. The van der Waals surface area contributed by atoms with Crippen molar-refractivity contribution in [1.82, 2.24) is 14.7 Å². The van der Waals surface area contributed by atoms with Gasteiger partial charge in [0.2, 0.25) is 0 Å². The van der Waals surface area contributed by atoms with Gasteiger partial charge in [-0.3, -0.25) is 4.79 Å². The SMILES string of the molecule is CN1CCN2C3=C1CCC=C3C1CN(CCCC(=O)c3ccc(F)cc3)CCC12. The van der Waals surface area contributed by atoms with Gasteiger partial charge in [-0.05, 0) is 62.1 Å². The first kappa shape index (κ1) is 18.9. The highest BCUT2D eigenvalue weighted by Gasteiger charge is 2.47. The highest BCUT2D eigenvalue weighted by atomic mass is 19.1. The number of piperidine rings is 1. The molecule has 0 amide bonds. The number of likely N-dealkylation sites (tertiary alicyclic amines) is 1. The number of halogens is 1. The number of benzene rings is 1. The summed E-state index contributed by atoms with van der Waals surface area (Å²) in [6.07, 6.45) is 7.46. The highest BCUT2D eigenvalue weighted by Crippen LogP contribution is 2.47. The fourth-order valence-electron chi connectivity index (χ4n) is 5.74. The molecule has 0 saturated carbocycles. The van der Waals surface area contributed by atoms with Crippen molar-refractivity contribution < 1.29 is 9.18 Å². The topological polar surface area (TPSA) is 26.8 Å². The summed E-state index contributed by atoms with van der Waals surface area (Å²) in [7, 11) is 2.25. The summed E-state index contributed by atoms with van der Waals surface area (Å²) in [5.41, 5.74) is 5.32. The van der Waals surface area contributed by atoms with E-state index in [4.69, 9.17) is 0 Å². The van der Waals surface area contributed by atoms with Gasteiger partial charge in [-0.15, -0.1) is 0 Å². The standard InChI is InChI=1S/C24H30FN3O/c1-26-14-15-28-21-11-13-27(16-20(21)19-4-2-5-22(26)24(19)28)12-3-6-23(29)17-7-9-18(25)10-8-17/h4,7-10,20-21H,2-3,5-6,11-16H2,1H3. The average molecular weight is 396 g/mol. The lowest BCUT2D eigenvalue weighted by molar-refractivity contribution is 0.0948. The third-order valence-electron chi connectivity index (χ3n) is 7.22. The molecule has 2 saturated heterocycles. The molecule has 4 aliphatic rings. The maximum absolute atomic E-state index is 13.0. The molecule has 1 aliphatic carbocycles. The summed E-state index contributed by atoms with van der Waals surface area (Å²) < 4.78 is 13.0. The van der Waals surface area contributed by atoms with Gasteiger partial charge in [-0.25, -0.2) is 4.39 Å². The third-order valence-corrected chi connectivity index (χ3v) is 7.22. The van der Waals surface area contributed by atoms with E-state index >= 15 is 0 Å². The molecular formula is C24H30FN3O. The Morgan fingerprint density at radius 1 is 1.17 bits per heavy atom. The van der Waals surface area contributed by atoms with Gasteiger partial charge >= 0.3 is 0 Å². The molecule has 4 nitrogen and oxygen atoms in total. The quantitative estimate of drug-likeness (QED) is 0.711. The van der Waals surface area contributed by atoms with E-state index in [9.17, 15) is 9.18 Å². The van der Waals surface area contributed by atoms with Crippen LogP contribution < -0.4 is 0 Å². The Kier molecular flexibility index (Phi) is 4.94. The van der Waals surface area contributed by atoms with Gasteiger partial charge < -0.3 is 14.7 Å². The molecule has 2 unspecified atom stereocenters. The zero-order valence-electron chi connectivity index (χ0n) is 17.2. The molecule has 0 N–H and O–H groups in total. The number of Topliss-reactive ketones (excluding diaryl/α,β-unsaturated/α-hetero) is 1. The summed E-state index contributed by atoms with van der Waals surface area (Å²) in [6.45, 7) is 5.49. The molecule has 3 heterocycles. The Morgan fingerprint density at radius 3 is 2.83 bits per heavy atom. The molecule has 154 valence electrons. The van der Waals surface area contributed by atoms with E-state index in [0.717, 1.165) is 39.1 Å². The zero-order chi connectivity index (χ0) is 20.0. The van der Waals surface area contributed by atoms with E-state index in [2.05, 4.69) is 27.8 Å². The smallest absolute Gasteiger partial charge is 0.162 e. The monoisotopic (exact) mass is 395 g/mol. The average Bonchev–Trinajstić information content (AvgIpc) is 3.06. The molecule has 5 heteroatoms. The van der Waals surface area contributed by atoms with Crippen molar-refractivity contribution in [2.24, 2.45) is 5.92 Å². The first-order valence-electron chi connectivity index (χ1n) is 11.0. The van der Waals surface area contributed by atoms with Crippen molar-refractivity contribution in [3.05, 3.63) is 58.7 Å². The first-order valence-corrected chi connectivity index (χ1v) is 11.0. The second kappa shape index (κ2) is 7.60. The number of hydrogen-bond donors (Lipinski definition) is 0. The lowest BCUT2D eigenvalue weighted by Crippen LogP contribution is -2.48. The summed E-state index contributed by atoms with van der Waals surface area (Å²) in [6, 6.07) is 6.58. The number of carbonyl (C=O) groups is 1. The summed E-state index contributed by atoms with van der Waals surface area (Å²) in [5.74, 6) is 0.442. The van der Waals surface area contributed by atoms with Crippen molar-refractivity contribution in [3.8, 4) is 0 Å². The molecule has 0 aromatic heterocycles. The van der Waals surface area contributed by atoms with Crippen LogP contribution in [0.4, 0.5) is 4.39 Å². The number of ketones is 1. The Balaban J connectivity index is 1.20. The molecule has 2 fully saturated rings. The Morgan fingerprint density at radius 2 is 2.00 bits per heavy atom. The van der Waals surface area contributed by atoms with Crippen LogP contribution in [0.5, 0.6) is 0 Å². The van der Waals surface area contributed by atoms with Crippen molar-refractivity contribution in [1.29, 1.82) is 0 Å². The highest BCUT2D eigenvalue weighted by molar-refractivity contribution is 5.95. The van der Waals surface area contributed by atoms with Crippen molar-refractivity contribution in [2.45, 2.75) is 38.1 Å². The molecule has 1 aromatic rings. The molecule has 0 radical (unpaired) electrons. The van der Waals surface area contributed by atoms with Crippen LogP contribution in [0.15, 0.2) is 47.3 Å². The lowest BCUT2D eigenvalue weighted by Gasteiger charge is -2.41. The van der Waals surface area contributed by atoms with Gasteiger partial charge in [-0.2, -0.15) is 0 Å². The number of likely N-dealkylation sites (N-methyl/N-ethyl adjacent to an activating group) is 1. The Hall–Kier alpha value is -2.14. The van der Waals surface area contributed by atoms with E-state index in [1.807, 2.05) is 0 Å². The van der Waals surface area contributed by atoms with Crippen LogP contribution in [0.25, 0.3) is 0 Å². The number of carbonyl (C=O) groups excluding carboxylic acids is 1. The van der Waals surface area contributed by atoms with E-state index in [1.54, 1.807) is 29.1 Å². The maximum Gasteiger partial charge on any atom is 0.162 e. The molecule has 0 bridgehead atoms. The molecule has 0 spiro atoms. The van der Waals surface area contributed by atoms with E-state index in [0.29, 0.717) is 23.9 Å². The van der Waals surface area contributed by atoms with Crippen LogP contribution in [-0.2, 0) is 0 Å². The van der Waals surface area contributed by atoms with Gasteiger partial charge in [0, 0.05) is 62.9 Å². The van der Waals surface area contributed by atoms with Crippen LogP contribution in [0, 0.1) is 11.7 Å². The predicted octanol–water partition coefficient (Wildman–Crippen LogP) is 3.67. The van der Waals surface area contributed by atoms with Gasteiger partial charge in [-0.1, -0.05) is 6.08 Å². The van der Waals surface area contributed by atoms with Gasteiger partial charge in [0.15, 0.2) is 5.78 Å². The fraction of sp³-hybridized carbons (Fsp3) is 0.542. The first-order chi connectivity index (χ1) is 14.1. The number of nitrogens with zero attached hydrogens (tertiary/aromatic N) is 3. The molecule has 3 aliphatic heterocycles. The van der Waals surface area contributed by atoms with Crippen molar-refractivity contribution >= 4 is 5.78 Å². The minimum atomic E-state index is -0.293. The molecule has 5 rings (SSSR count). The number of rotatable bonds is 5. The van der Waals surface area contributed by atoms with E-state index in [-0.39, 0.29) is 11.6 Å². The third kappa shape index (κ3) is 3.39. The van der Waals surface area contributed by atoms with Crippen LogP contribution in [0.2, 0.25) is 0 Å². The van der Waals surface area contributed by atoms with E-state index in [1.165, 1.54) is 31.4 Å². The number of allylic oxidation sites excluding steroid dienone is 3. The maximum atomic E-state index is 13.0. The minimum Gasteiger partial charge on any atom is -0.374 e. The van der Waals surface area contributed by atoms with Crippen LogP contribution >= 0.6 is 0 Å². The fourth-order valence-corrected chi connectivity index (χ4v) is 5.74. The molecular weight excluding hydrogens is 365 g/mol. The van der Waals surface area contributed by atoms with Crippen molar-refractivity contribution in [2.75, 3.05) is 39.8 Å². The number of fused-ring (bicyclic) bond motifs is 3. The summed E-state index contributed by atoms with van der Waals surface area (Å²) >= 11 is 0. The predicted molar refractivity (Wildman–Crippen MR) is 112 cm³/mol. The lowest BCUT2D eigenvalue weighted by atomic mass is 9.86. The van der Waals surface area contributed by atoms with Crippen LogP contribution in [-0.4, -0.2) is 66.3 Å². The summed E-state index contributed by atoms with van der Waals surface area (Å²) in [4.78, 5) is 20.1. The zero-order valence-corrected chi connectivity index (χ0v) is 17.2. The van der Waals surface area contributed by atoms with Gasteiger partial charge in [0.05, 0.1) is 5.70 Å². The minimum absolute atomic E-state index is 0.116. The van der Waals surface area contributed by atoms with Gasteiger partial charge in [0.1, 0.15) is 5.82 Å². The second-order valence-corrected chi connectivity index (χ2v) is 8.91. The Bertz CT molecular complexity index is 859. The number of hydrogen-bond acceptors (Lipinski definition) is 4.